The standard InChI is InChI=1S/C28H41F2N3O2/c1-19(2)18-35-22-10-14-32(15-11-22)25(34)21-6-7-24-23(16-21)31-26(27(3,4)5)33(24)17-20-8-12-28(29,30)13-9-20/h6-7,16,19-20,22H,8-15,17-18H2,1-5H3. The van der Waals surface area contributed by atoms with Crippen molar-refractivity contribution in [2.75, 3.05) is 19.7 Å². The molecule has 1 amide bonds. The Morgan fingerprint density at radius 2 is 1.80 bits per heavy atom. The molecule has 0 bridgehead atoms. The molecular formula is C28H41F2N3O2. The van der Waals surface area contributed by atoms with Gasteiger partial charge in [-0.25, -0.2) is 13.8 Å². The molecule has 0 unspecified atom stereocenters. The van der Waals surface area contributed by atoms with Crippen LogP contribution in [0.25, 0.3) is 11.0 Å². The van der Waals surface area contributed by atoms with E-state index in [4.69, 9.17) is 9.72 Å². The summed E-state index contributed by atoms with van der Waals surface area (Å²) in [7, 11) is 0. The summed E-state index contributed by atoms with van der Waals surface area (Å²) >= 11 is 0. The van der Waals surface area contributed by atoms with E-state index in [1.807, 2.05) is 23.1 Å². The van der Waals surface area contributed by atoms with E-state index >= 15 is 0 Å². The lowest BCUT2D eigenvalue weighted by Gasteiger charge is -2.32. The zero-order chi connectivity index (χ0) is 25.4. The lowest BCUT2D eigenvalue weighted by atomic mass is 9.86. The largest absolute Gasteiger partial charge is 0.378 e. The fraction of sp³-hybridized carbons (Fsp3) is 0.714. The number of nitrogens with zero attached hydrogens (tertiary/aromatic N) is 3. The Kier molecular flexibility index (Phi) is 7.56. The summed E-state index contributed by atoms with van der Waals surface area (Å²) < 4.78 is 35.5. The van der Waals surface area contributed by atoms with Crippen LogP contribution in [0.3, 0.4) is 0 Å². The number of rotatable bonds is 6. The van der Waals surface area contributed by atoms with Crippen LogP contribution in [-0.2, 0) is 16.7 Å². The van der Waals surface area contributed by atoms with Gasteiger partial charge >= 0.3 is 0 Å². The molecule has 2 heterocycles. The van der Waals surface area contributed by atoms with Crippen molar-refractivity contribution in [3.8, 4) is 0 Å². The zero-order valence-electron chi connectivity index (χ0n) is 21.9. The van der Waals surface area contributed by atoms with Crippen molar-refractivity contribution in [2.24, 2.45) is 11.8 Å². The fourth-order valence-electron chi connectivity index (χ4n) is 5.30. The number of fused-ring (bicyclic) bond motifs is 1. The number of likely N-dealkylation sites (tertiary alicyclic amines) is 1. The number of aromatic nitrogens is 2. The molecule has 2 fully saturated rings. The van der Waals surface area contributed by atoms with E-state index in [1.54, 1.807) is 0 Å². The second kappa shape index (κ2) is 10.2. The summed E-state index contributed by atoms with van der Waals surface area (Å²) in [6.07, 6.45) is 2.95. The topological polar surface area (TPSA) is 47.4 Å². The molecule has 5 nitrogen and oxygen atoms in total. The number of carbonyl (C=O) groups is 1. The van der Waals surface area contributed by atoms with Crippen LogP contribution in [0.1, 0.15) is 89.3 Å². The van der Waals surface area contributed by atoms with Gasteiger partial charge in [0, 0.05) is 50.1 Å². The summed E-state index contributed by atoms with van der Waals surface area (Å²) in [4.78, 5) is 20.1. The Hall–Kier alpha value is -2.02. The zero-order valence-corrected chi connectivity index (χ0v) is 21.9. The first-order chi connectivity index (χ1) is 16.4. The highest BCUT2D eigenvalue weighted by molar-refractivity contribution is 5.97. The summed E-state index contributed by atoms with van der Waals surface area (Å²) in [5.41, 5.74) is 2.24. The van der Waals surface area contributed by atoms with Crippen LogP contribution in [0.5, 0.6) is 0 Å². The van der Waals surface area contributed by atoms with Crippen molar-refractivity contribution < 1.29 is 18.3 Å². The summed E-state index contributed by atoms with van der Waals surface area (Å²) in [5, 5.41) is 0. The number of amides is 1. The van der Waals surface area contributed by atoms with E-state index < -0.39 is 5.92 Å². The molecule has 2 aliphatic rings. The average Bonchev–Trinajstić information content (AvgIpc) is 3.17. The molecule has 194 valence electrons. The number of carbonyl (C=O) groups excluding carboxylic acids is 1. The molecule has 35 heavy (non-hydrogen) atoms. The van der Waals surface area contributed by atoms with Gasteiger partial charge in [0.1, 0.15) is 5.82 Å². The summed E-state index contributed by atoms with van der Waals surface area (Å²) in [5.74, 6) is -0.815. The third-order valence-electron chi connectivity index (χ3n) is 7.34. The molecular weight excluding hydrogens is 448 g/mol. The van der Waals surface area contributed by atoms with Gasteiger partial charge in [-0.1, -0.05) is 34.6 Å². The van der Waals surface area contributed by atoms with Gasteiger partial charge in [-0.15, -0.1) is 0 Å². The molecule has 1 saturated heterocycles. The van der Waals surface area contributed by atoms with Gasteiger partial charge in [0.15, 0.2) is 0 Å². The number of hydrogen-bond donors (Lipinski definition) is 0. The monoisotopic (exact) mass is 489 g/mol. The minimum Gasteiger partial charge on any atom is -0.378 e. The van der Waals surface area contributed by atoms with Crippen molar-refractivity contribution in [1.29, 1.82) is 0 Å². The third kappa shape index (κ3) is 6.22. The second-order valence-corrected chi connectivity index (χ2v) is 12.0. The average molecular weight is 490 g/mol. The Balaban J connectivity index is 1.50. The summed E-state index contributed by atoms with van der Waals surface area (Å²) in [6.45, 7) is 13.5. The fourth-order valence-corrected chi connectivity index (χ4v) is 5.30. The van der Waals surface area contributed by atoms with Gasteiger partial charge in [0.25, 0.3) is 5.91 Å². The van der Waals surface area contributed by atoms with Crippen molar-refractivity contribution in [3.05, 3.63) is 29.6 Å². The van der Waals surface area contributed by atoms with Gasteiger partial charge in [-0.05, 0) is 55.7 Å². The lowest BCUT2D eigenvalue weighted by molar-refractivity contribution is -0.0473. The third-order valence-corrected chi connectivity index (χ3v) is 7.34. The molecule has 4 rings (SSSR count). The van der Waals surface area contributed by atoms with Crippen molar-refractivity contribution in [3.63, 3.8) is 0 Å². The maximum Gasteiger partial charge on any atom is 0.253 e. The van der Waals surface area contributed by atoms with Crippen LogP contribution >= 0.6 is 0 Å². The predicted octanol–water partition coefficient (Wildman–Crippen LogP) is 6.44. The molecule has 2 aromatic rings. The van der Waals surface area contributed by atoms with Crippen LogP contribution in [0.15, 0.2) is 18.2 Å². The predicted molar refractivity (Wildman–Crippen MR) is 135 cm³/mol. The van der Waals surface area contributed by atoms with Crippen LogP contribution in [0.4, 0.5) is 8.78 Å². The number of ether oxygens (including phenoxy) is 1. The number of imidazole rings is 1. The second-order valence-electron chi connectivity index (χ2n) is 12.0. The minimum atomic E-state index is -2.52. The van der Waals surface area contributed by atoms with Gasteiger partial charge in [-0.2, -0.15) is 0 Å². The van der Waals surface area contributed by atoms with E-state index in [0.717, 1.165) is 36.3 Å². The molecule has 0 atom stereocenters. The summed E-state index contributed by atoms with van der Waals surface area (Å²) in [6, 6.07) is 5.78. The normalized spacial score (nSPS) is 20.2. The highest BCUT2D eigenvalue weighted by Gasteiger charge is 2.36. The minimum absolute atomic E-state index is 0.0347. The first-order valence-electron chi connectivity index (χ1n) is 13.2. The van der Waals surface area contributed by atoms with Crippen LogP contribution in [0.2, 0.25) is 0 Å². The van der Waals surface area contributed by atoms with Gasteiger partial charge in [0.2, 0.25) is 5.92 Å². The van der Waals surface area contributed by atoms with Crippen LogP contribution < -0.4 is 0 Å². The lowest BCUT2D eigenvalue weighted by Crippen LogP contribution is -2.41. The first kappa shape index (κ1) is 26.1. The van der Waals surface area contributed by atoms with E-state index in [-0.39, 0.29) is 36.2 Å². The molecule has 0 spiro atoms. The Bertz CT molecular complexity index is 1020. The SMILES string of the molecule is CC(C)COC1CCN(C(=O)c2ccc3c(c2)nc(C(C)(C)C)n3CC2CCC(F)(F)CC2)CC1. The number of halogens is 2. The number of benzene rings is 1. The van der Waals surface area contributed by atoms with E-state index in [1.165, 1.54) is 0 Å². The smallest absolute Gasteiger partial charge is 0.253 e. The Labute approximate surface area is 208 Å². The molecule has 1 aliphatic heterocycles. The Morgan fingerprint density at radius 3 is 2.40 bits per heavy atom. The van der Waals surface area contributed by atoms with E-state index in [2.05, 4.69) is 39.2 Å². The van der Waals surface area contributed by atoms with E-state index in [0.29, 0.717) is 44.0 Å². The van der Waals surface area contributed by atoms with Crippen LogP contribution in [-0.4, -0.2) is 52.1 Å². The number of hydrogen-bond acceptors (Lipinski definition) is 3. The molecule has 1 aliphatic carbocycles. The molecule has 7 heteroatoms. The van der Waals surface area contributed by atoms with Gasteiger partial charge in [0.05, 0.1) is 17.1 Å². The van der Waals surface area contributed by atoms with Crippen molar-refractivity contribution in [1.82, 2.24) is 14.5 Å². The van der Waals surface area contributed by atoms with Crippen LogP contribution in [0, 0.1) is 11.8 Å². The highest BCUT2D eigenvalue weighted by atomic mass is 19.3. The van der Waals surface area contributed by atoms with Gasteiger partial charge < -0.3 is 14.2 Å². The van der Waals surface area contributed by atoms with E-state index in [9.17, 15) is 13.6 Å². The highest BCUT2D eigenvalue weighted by Crippen LogP contribution is 2.38. The molecule has 0 radical (unpaired) electrons. The van der Waals surface area contributed by atoms with Crippen molar-refractivity contribution >= 4 is 16.9 Å². The maximum atomic E-state index is 13.7. The molecule has 0 N–H and O–H groups in total. The van der Waals surface area contributed by atoms with Crippen molar-refractivity contribution in [2.45, 2.75) is 97.1 Å². The first-order valence-corrected chi connectivity index (χ1v) is 13.2. The molecule has 1 aromatic heterocycles. The number of piperidine rings is 1. The van der Waals surface area contributed by atoms with Gasteiger partial charge in [-0.3, -0.25) is 4.79 Å². The quantitative estimate of drug-likeness (QED) is 0.469. The molecule has 1 aromatic carbocycles. The molecule has 1 saturated carbocycles. The number of alkyl halides is 2. The Morgan fingerprint density at radius 1 is 1.14 bits per heavy atom. The maximum absolute atomic E-state index is 13.7.